The molecular formula is C18H23NO2. The molecule has 0 bridgehead atoms. The lowest BCUT2D eigenvalue weighted by Gasteiger charge is -2.15. The Morgan fingerprint density at radius 1 is 1.00 bits per heavy atom. The van der Waals surface area contributed by atoms with Gasteiger partial charge in [-0.25, -0.2) is 0 Å². The molecule has 2 aromatic rings. The lowest BCUT2D eigenvalue weighted by Crippen LogP contribution is -2.11. The highest BCUT2D eigenvalue weighted by atomic mass is 16.5. The molecule has 0 radical (unpaired) electrons. The number of aryl methyl sites for hydroxylation is 2. The Morgan fingerprint density at radius 3 is 2.43 bits per heavy atom. The fraction of sp³-hybridized carbons (Fsp3) is 0.333. The zero-order chi connectivity index (χ0) is 15.2. The van der Waals surface area contributed by atoms with Gasteiger partial charge in [0.15, 0.2) is 11.5 Å². The van der Waals surface area contributed by atoms with E-state index in [-0.39, 0.29) is 6.04 Å². The van der Waals surface area contributed by atoms with Gasteiger partial charge in [-0.1, -0.05) is 35.9 Å². The van der Waals surface area contributed by atoms with Crippen molar-refractivity contribution in [1.29, 1.82) is 0 Å². The molecule has 1 atom stereocenters. The van der Waals surface area contributed by atoms with Crippen LogP contribution >= 0.6 is 0 Å². The van der Waals surface area contributed by atoms with Gasteiger partial charge in [-0.05, 0) is 43.0 Å². The highest BCUT2D eigenvalue weighted by Crippen LogP contribution is 2.30. The number of methoxy groups -OCH3 is 2. The van der Waals surface area contributed by atoms with Crippen LogP contribution in [0, 0.1) is 6.92 Å². The molecule has 0 aliphatic carbocycles. The Morgan fingerprint density at radius 2 is 1.76 bits per heavy atom. The van der Waals surface area contributed by atoms with Crippen molar-refractivity contribution in [2.75, 3.05) is 14.2 Å². The van der Waals surface area contributed by atoms with E-state index in [0.29, 0.717) is 0 Å². The van der Waals surface area contributed by atoms with E-state index in [1.54, 1.807) is 14.2 Å². The van der Waals surface area contributed by atoms with Gasteiger partial charge in [0.2, 0.25) is 0 Å². The van der Waals surface area contributed by atoms with Crippen LogP contribution in [0.25, 0.3) is 0 Å². The fourth-order valence-corrected chi connectivity index (χ4v) is 2.44. The van der Waals surface area contributed by atoms with E-state index in [2.05, 4.69) is 31.2 Å². The Bertz CT molecular complexity index is 596. The summed E-state index contributed by atoms with van der Waals surface area (Å²) in [5.74, 6) is 1.45. The summed E-state index contributed by atoms with van der Waals surface area (Å²) >= 11 is 0. The first-order chi connectivity index (χ1) is 10.1. The highest BCUT2D eigenvalue weighted by molar-refractivity contribution is 5.43. The van der Waals surface area contributed by atoms with Crippen LogP contribution in [0.15, 0.2) is 42.5 Å². The predicted octanol–water partition coefficient (Wildman–Crippen LogP) is 3.64. The van der Waals surface area contributed by atoms with Crippen LogP contribution in [0.4, 0.5) is 0 Å². The number of ether oxygens (including phenoxy) is 2. The van der Waals surface area contributed by atoms with Gasteiger partial charge in [-0.15, -0.1) is 0 Å². The van der Waals surface area contributed by atoms with Crippen LogP contribution in [0.3, 0.4) is 0 Å². The molecule has 21 heavy (non-hydrogen) atoms. The molecule has 3 heteroatoms. The summed E-state index contributed by atoms with van der Waals surface area (Å²) in [6.07, 6.45) is 1.87. The first-order valence-corrected chi connectivity index (χ1v) is 7.17. The molecule has 0 saturated heterocycles. The summed E-state index contributed by atoms with van der Waals surface area (Å²) in [6.45, 7) is 2.11. The standard InChI is InChI=1S/C18H23NO2/c1-13-5-4-6-14(11-13)7-9-16(19)15-8-10-17(20-2)18(12-15)21-3/h4-6,8,10-12,16H,7,9,19H2,1-3H3. The number of benzene rings is 2. The quantitative estimate of drug-likeness (QED) is 0.881. The van der Waals surface area contributed by atoms with E-state index >= 15 is 0 Å². The van der Waals surface area contributed by atoms with Crippen LogP contribution in [-0.2, 0) is 6.42 Å². The predicted molar refractivity (Wildman–Crippen MR) is 86.0 cm³/mol. The first-order valence-electron chi connectivity index (χ1n) is 7.17. The van der Waals surface area contributed by atoms with Crippen molar-refractivity contribution in [2.45, 2.75) is 25.8 Å². The van der Waals surface area contributed by atoms with Crippen LogP contribution in [0.5, 0.6) is 11.5 Å². The van der Waals surface area contributed by atoms with Crippen LogP contribution < -0.4 is 15.2 Å². The molecule has 0 heterocycles. The minimum absolute atomic E-state index is 0.00896. The van der Waals surface area contributed by atoms with Crippen molar-refractivity contribution < 1.29 is 9.47 Å². The van der Waals surface area contributed by atoms with Gasteiger partial charge in [0.05, 0.1) is 14.2 Å². The monoisotopic (exact) mass is 285 g/mol. The molecule has 0 fully saturated rings. The zero-order valence-electron chi connectivity index (χ0n) is 12.9. The van der Waals surface area contributed by atoms with Gasteiger partial charge in [0.1, 0.15) is 0 Å². The van der Waals surface area contributed by atoms with Crippen molar-refractivity contribution in [3.05, 3.63) is 59.2 Å². The summed E-state index contributed by atoms with van der Waals surface area (Å²) in [5, 5.41) is 0. The molecule has 3 nitrogen and oxygen atoms in total. The van der Waals surface area contributed by atoms with E-state index in [1.807, 2.05) is 18.2 Å². The van der Waals surface area contributed by atoms with Crippen molar-refractivity contribution in [3.63, 3.8) is 0 Å². The second-order valence-electron chi connectivity index (χ2n) is 5.25. The lowest BCUT2D eigenvalue weighted by atomic mass is 9.98. The van der Waals surface area contributed by atoms with E-state index in [9.17, 15) is 0 Å². The first kappa shape index (κ1) is 15.4. The summed E-state index contributed by atoms with van der Waals surface area (Å²) in [7, 11) is 3.27. The minimum Gasteiger partial charge on any atom is -0.493 e. The van der Waals surface area contributed by atoms with Crippen molar-refractivity contribution >= 4 is 0 Å². The van der Waals surface area contributed by atoms with E-state index in [1.165, 1.54) is 11.1 Å². The average Bonchev–Trinajstić information content (AvgIpc) is 2.52. The van der Waals surface area contributed by atoms with E-state index < -0.39 is 0 Å². The van der Waals surface area contributed by atoms with Gasteiger partial charge < -0.3 is 15.2 Å². The average molecular weight is 285 g/mol. The second kappa shape index (κ2) is 7.14. The van der Waals surface area contributed by atoms with Crippen LogP contribution in [-0.4, -0.2) is 14.2 Å². The Kier molecular flexibility index (Phi) is 5.23. The molecule has 0 saturated carbocycles. The normalized spacial score (nSPS) is 12.0. The van der Waals surface area contributed by atoms with Gasteiger partial charge in [-0.2, -0.15) is 0 Å². The van der Waals surface area contributed by atoms with E-state index in [0.717, 1.165) is 29.9 Å². The van der Waals surface area contributed by atoms with E-state index in [4.69, 9.17) is 15.2 Å². The molecule has 1 unspecified atom stereocenters. The molecular weight excluding hydrogens is 262 g/mol. The largest absolute Gasteiger partial charge is 0.493 e. The molecule has 0 amide bonds. The third-order valence-corrected chi connectivity index (χ3v) is 3.66. The number of rotatable bonds is 6. The summed E-state index contributed by atoms with van der Waals surface area (Å²) in [5.41, 5.74) is 9.98. The molecule has 2 aromatic carbocycles. The topological polar surface area (TPSA) is 44.5 Å². The minimum atomic E-state index is -0.00896. The lowest BCUT2D eigenvalue weighted by molar-refractivity contribution is 0.354. The zero-order valence-corrected chi connectivity index (χ0v) is 12.9. The molecule has 112 valence electrons. The molecule has 0 aliphatic heterocycles. The second-order valence-corrected chi connectivity index (χ2v) is 5.25. The third-order valence-electron chi connectivity index (χ3n) is 3.66. The highest BCUT2D eigenvalue weighted by Gasteiger charge is 2.10. The summed E-state index contributed by atoms with van der Waals surface area (Å²) in [4.78, 5) is 0. The maximum atomic E-state index is 6.30. The molecule has 2 N–H and O–H groups in total. The maximum Gasteiger partial charge on any atom is 0.161 e. The fourth-order valence-electron chi connectivity index (χ4n) is 2.44. The Labute approximate surface area is 126 Å². The molecule has 2 rings (SSSR count). The molecule has 0 aliphatic rings. The number of hydrogen-bond acceptors (Lipinski definition) is 3. The summed E-state index contributed by atoms with van der Waals surface area (Å²) < 4.78 is 10.6. The SMILES string of the molecule is COc1ccc(C(N)CCc2cccc(C)c2)cc1OC. The van der Waals surface area contributed by atoms with Crippen LogP contribution in [0.2, 0.25) is 0 Å². The Balaban J connectivity index is 2.04. The molecule has 0 aromatic heterocycles. The maximum absolute atomic E-state index is 6.30. The van der Waals surface area contributed by atoms with Crippen molar-refractivity contribution in [2.24, 2.45) is 5.73 Å². The number of hydrogen-bond donors (Lipinski definition) is 1. The van der Waals surface area contributed by atoms with Crippen molar-refractivity contribution in [1.82, 2.24) is 0 Å². The Hall–Kier alpha value is -2.00. The third kappa shape index (κ3) is 3.99. The molecule has 0 spiro atoms. The van der Waals surface area contributed by atoms with Crippen molar-refractivity contribution in [3.8, 4) is 11.5 Å². The van der Waals surface area contributed by atoms with Gasteiger partial charge in [0, 0.05) is 6.04 Å². The van der Waals surface area contributed by atoms with Gasteiger partial charge >= 0.3 is 0 Å². The smallest absolute Gasteiger partial charge is 0.161 e. The number of nitrogens with two attached hydrogens (primary N) is 1. The van der Waals surface area contributed by atoms with Gasteiger partial charge in [-0.3, -0.25) is 0 Å². The summed E-state index contributed by atoms with van der Waals surface area (Å²) in [6, 6.07) is 14.4. The van der Waals surface area contributed by atoms with Gasteiger partial charge in [0.25, 0.3) is 0 Å². The van der Waals surface area contributed by atoms with Crippen LogP contribution in [0.1, 0.15) is 29.2 Å².